The number of anilines is 2. The number of hydrogen-bond donors (Lipinski definition) is 0. The third-order valence-corrected chi connectivity index (χ3v) is 8.53. The molecule has 1 aromatic heterocycles. The van der Waals surface area contributed by atoms with E-state index in [0.29, 0.717) is 31.9 Å². The van der Waals surface area contributed by atoms with Crippen molar-refractivity contribution in [3.8, 4) is 0 Å². The van der Waals surface area contributed by atoms with Gasteiger partial charge in [0.1, 0.15) is 10.9 Å². The van der Waals surface area contributed by atoms with Crippen LogP contribution in [0.4, 0.5) is 10.7 Å². The fraction of sp³-hybridized carbons (Fsp3) is 0.269. The molecule has 0 unspecified atom stereocenters. The molecule has 0 bridgehead atoms. The predicted molar refractivity (Wildman–Crippen MR) is 144 cm³/mol. The van der Waals surface area contributed by atoms with E-state index < -0.39 is 35.8 Å². The molecule has 2 saturated heterocycles. The van der Waals surface area contributed by atoms with Crippen LogP contribution in [0.15, 0.2) is 42.5 Å². The summed E-state index contributed by atoms with van der Waals surface area (Å²) in [5, 5.41) is 3.04. The highest BCUT2D eigenvalue weighted by Gasteiger charge is 2.61. The molecule has 0 radical (unpaired) electrons. The van der Waals surface area contributed by atoms with Crippen LogP contribution in [0, 0.1) is 19.8 Å². The van der Waals surface area contributed by atoms with Gasteiger partial charge in [-0.2, -0.15) is 0 Å². The predicted octanol–water partition coefficient (Wildman–Crippen LogP) is 6.55. The molecule has 3 heterocycles. The summed E-state index contributed by atoms with van der Waals surface area (Å²) in [4.78, 5) is 48.6. The number of hydroxylamine groups is 1. The molecule has 2 aromatic carbocycles. The first kappa shape index (κ1) is 26.0. The first-order valence-corrected chi connectivity index (χ1v) is 13.4. The maximum Gasteiger partial charge on any atom is 0.341 e. The minimum Gasteiger partial charge on any atom is -0.462 e. The second-order valence-electron chi connectivity index (χ2n) is 8.66. The molecule has 0 N–H and O–H groups in total. The van der Waals surface area contributed by atoms with Gasteiger partial charge in [-0.1, -0.05) is 40.9 Å². The Labute approximate surface area is 232 Å². The summed E-state index contributed by atoms with van der Waals surface area (Å²) in [6, 6.07) is 11.1. The number of amides is 2. The van der Waals surface area contributed by atoms with Gasteiger partial charge >= 0.3 is 5.97 Å². The molecule has 2 amide bonds. The number of halogens is 3. The summed E-state index contributed by atoms with van der Waals surface area (Å²) >= 11 is 20.0. The van der Waals surface area contributed by atoms with Crippen LogP contribution >= 0.6 is 46.1 Å². The minimum absolute atomic E-state index is 0.163. The SMILES string of the molecule is CCOC(=O)c1c(N2C(=O)[C@H]3[C@@H](c4ccc(Cl)cc4Cl)N(c4ccc(Cl)cc4)O[C@H]3C2=O)sc(C)c1C. The summed E-state index contributed by atoms with van der Waals surface area (Å²) in [6.45, 7) is 5.45. The first-order valence-electron chi connectivity index (χ1n) is 11.5. The number of nitrogens with zero attached hydrogens (tertiary/aromatic N) is 2. The van der Waals surface area contributed by atoms with Crippen molar-refractivity contribution in [2.24, 2.45) is 5.92 Å². The third-order valence-electron chi connectivity index (χ3n) is 6.53. The van der Waals surface area contributed by atoms with Crippen LogP contribution in [0.5, 0.6) is 0 Å². The Morgan fingerprint density at radius 2 is 1.70 bits per heavy atom. The lowest BCUT2D eigenvalue weighted by atomic mass is 9.90. The quantitative estimate of drug-likeness (QED) is 0.252. The number of imide groups is 1. The number of thiophene rings is 1. The summed E-state index contributed by atoms with van der Waals surface area (Å²) < 4.78 is 5.23. The first-order chi connectivity index (χ1) is 17.6. The van der Waals surface area contributed by atoms with E-state index in [9.17, 15) is 14.4 Å². The molecule has 192 valence electrons. The van der Waals surface area contributed by atoms with Crippen molar-refractivity contribution in [3.63, 3.8) is 0 Å². The Kier molecular flexibility index (Phi) is 6.98. The van der Waals surface area contributed by atoms with E-state index >= 15 is 0 Å². The average Bonchev–Trinajstić information content (AvgIpc) is 3.45. The van der Waals surface area contributed by atoms with Gasteiger partial charge in [-0.15, -0.1) is 11.3 Å². The normalized spacial score (nSPS) is 21.1. The average molecular weight is 580 g/mol. The van der Waals surface area contributed by atoms with Gasteiger partial charge in [-0.05, 0) is 68.3 Å². The van der Waals surface area contributed by atoms with E-state index in [1.807, 2.05) is 6.92 Å². The van der Waals surface area contributed by atoms with Gasteiger partial charge in [0, 0.05) is 19.9 Å². The molecular weight excluding hydrogens is 559 g/mol. The van der Waals surface area contributed by atoms with Crippen LogP contribution in [-0.2, 0) is 19.2 Å². The summed E-state index contributed by atoms with van der Waals surface area (Å²) in [7, 11) is 0. The zero-order valence-electron chi connectivity index (χ0n) is 20.0. The number of ether oxygens (including phenoxy) is 1. The van der Waals surface area contributed by atoms with Crippen molar-refractivity contribution >= 4 is 74.6 Å². The fourth-order valence-electron chi connectivity index (χ4n) is 4.69. The number of hydrogen-bond acceptors (Lipinski definition) is 7. The number of carbonyl (C=O) groups excluding carboxylic acids is 3. The minimum atomic E-state index is -1.13. The molecule has 2 aliphatic rings. The standard InChI is InChI=1S/C26H21Cl3N2O5S/c1-4-35-26(34)19-12(2)13(3)37-25(19)30-23(32)20-21(17-10-7-15(28)11-18(17)29)31(36-22(20)24(30)33)16-8-5-14(27)6-9-16/h5-11,20-22H,4H2,1-3H3/t20-,21+,22+/m0/s1. The van der Waals surface area contributed by atoms with Crippen LogP contribution in [0.2, 0.25) is 15.1 Å². The Hall–Kier alpha value is -2.62. The van der Waals surface area contributed by atoms with E-state index in [1.165, 1.54) is 16.4 Å². The maximum atomic E-state index is 14.0. The maximum absolute atomic E-state index is 14.0. The van der Waals surface area contributed by atoms with Crippen molar-refractivity contribution in [1.29, 1.82) is 0 Å². The number of carbonyl (C=O) groups is 3. The molecule has 7 nitrogen and oxygen atoms in total. The van der Waals surface area contributed by atoms with E-state index in [4.69, 9.17) is 44.4 Å². The van der Waals surface area contributed by atoms with Crippen molar-refractivity contribution in [1.82, 2.24) is 0 Å². The second kappa shape index (κ2) is 9.93. The largest absolute Gasteiger partial charge is 0.462 e. The molecule has 11 heteroatoms. The molecule has 2 aliphatic heterocycles. The van der Waals surface area contributed by atoms with Gasteiger partial charge in [0.25, 0.3) is 5.91 Å². The highest BCUT2D eigenvalue weighted by atomic mass is 35.5. The monoisotopic (exact) mass is 578 g/mol. The number of rotatable bonds is 5. The highest BCUT2D eigenvalue weighted by molar-refractivity contribution is 7.17. The van der Waals surface area contributed by atoms with E-state index in [1.54, 1.807) is 56.3 Å². The number of benzene rings is 2. The highest BCUT2D eigenvalue weighted by Crippen LogP contribution is 2.51. The molecule has 3 atom stereocenters. The zero-order valence-corrected chi connectivity index (χ0v) is 23.0. The molecule has 0 aliphatic carbocycles. The Morgan fingerprint density at radius 1 is 1.03 bits per heavy atom. The lowest BCUT2D eigenvalue weighted by Crippen LogP contribution is -2.37. The Bertz CT molecular complexity index is 1420. The smallest absolute Gasteiger partial charge is 0.341 e. The van der Waals surface area contributed by atoms with Crippen LogP contribution < -0.4 is 9.96 Å². The van der Waals surface area contributed by atoms with Gasteiger partial charge in [-0.25, -0.2) is 14.8 Å². The molecule has 0 spiro atoms. The van der Waals surface area contributed by atoms with Crippen LogP contribution in [0.3, 0.4) is 0 Å². The molecular formula is C26H21Cl3N2O5S. The molecule has 37 heavy (non-hydrogen) atoms. The summed E-state index contributed by atoms with van der Waals surface area (Å²) in [6.07, 6.45) is -1.13. The Balaban J connectivity index is 1.62. The van der Waals surface area contributed by atoms with Gasteiger partial charge in [-0.3, -0.25) is 14.4 Å². The van der Waals surface area contributed by atoms with Gasteiger partial charge in [0.2, 0.25) is 5.91 Å². The molecule has 3 aromatic rings. The molecule has 5 rings (SSSR count). The second-order valence-corrected chi connectivity index (χ2v) is 11.1. The topological polar surface area (TPSA) is 76.2 Å². The van der Waals surface area contributed by atoms with Crippen molar-refractivity contribution in [3.05, 3.63) is 79.1 Å². The summed E-state index contributed by atoms with van der Waals surface area (Å²) in [5.41, 5.74) is 2.04. The van der Waals surface area contributed by atoms with Gasteiger partial charge in [0.05, 0.1) is 23.9 Å². The number of fused-ring (bicyclic) bond motifs is 1. The van der Waals surface area contributed by atoms with Crippen molar-refractivity contribution in [2.75, 3.05) is 16.6 Å². The number of aryl methyl sites for hydroxylation is 1. The summed E-state index contributed by atoms with van der Waals surface area (Å²) in [5.74, 6) is -2.57. The van der Waals surface area contributed by atoms with Gasteiger partial charge in [0.15, 0.2) is 6.10 Å². The van der Waals surface area contributed by atoms with Crippen molar-refractivity contribution < 1.29 is 24.0 Å². The number of esters is 1. The molecule has 2 fully saturated rings. The van der Waals surface area contributed by atoms with Crippen molar-refractivity contribution in [2.45, 2.75) is 32.9 Å². The van der Waals surface area contributed by atoms with Gasteiger partial charge < -0.3 is 4.74 Å². The molecule has 0 saturated carbocycles. The van der Waals surface area contributed by atoms with E-state index in [0.717, 1.165) is 9.78 Å². The lowest BCUT2D eigenvalue weighted by molar-refractivity contribution is -0.126. The van der Waals surface area contributed by atoms with Crippen LogP contribution in [0.25, 0.3) is 0 Å². The fourth-order valence-corrected chi connectivity index (χ4v) is 6.50. The van der Waals surface area contributed by atoms with E-state index in [-0.39, 0.29) is 17.2 Å². The van der Waals surface area contributed by atoms with Crippen LogP contribution in [0.1, 0.15) is 39.3 Å². The lowest BCUT2D eigenvalue weighted by Gasteiger charge is -2.29. The third kappa shape index (κ3) is 4.30. The zero-order chi connectivity index (χ0) is 26.6. The van der Waals surface area contributed by atoms with E-state index in [2.05, 4.69) is 0 Å². The van der Waals surface area contributed by atoms with Crippen LogP contribution in [-0.4, -0.2) is 30.5 Å². The Morgan fingerprint density at radius 3 is 2.35 bits per heavy atom.